The van der Waals surface area contributed by atoms with Crippen molar-refractivity contribution < 1.29 is 9.47 Å². The molecule has 86 valence electrons. The van der Waals surface area contributed by atoms with Crippen LogP contribution in [0.5, 0.6) is 5.75 Å². The molecular formula is C13H17NO2. The monoisotopic (exact) mass is 219 g/mol. The molecule has 2 atom stereocenters. The van der Waals surface area contributed by atoms with E-state index in [1.807, 2.05) is 12.1 Å². The average molecular weight is 219 g/mol. The zero-order valence-corrected chi connectivity index (χ0v) is 9.32. The van der Waals surface area contributed by atoms with Crippen LogP contribution in [0.15, 0.2) is 24.3 Å². The lowest BCUT2D eigenvalue weighted by molar-refractivity contribution is 0.0527. The van der Waals surface area contributed by atoms with Gasteiger partial charge in [-0.1, -0.05) is 18.2 Å². The van der Waals surface area contributed by atoms with Crippen LogP contribution in [0.2, 0.25) is 0 Å². The van der Waals surface area contributed by atoms with Crippen LogP contribution in [0.3, 0.4) is 0 Å². The smallest absolute Gasteiger partial charge is 0.123 e. The molecule has 16 heavy (non-hydrogen) atoms. The molecule has 0 amide bonds. The van der Waals surface area contributed by atoms with Gasteiger partial charge in [-0.3, -0.25) is 0 Å². The largest absolute Gasteiger partial charge is 0.493 e. The second-order valence-electron chi connectivity index (χ2n) is 4.49. The molecule has 0 saturated carbocycles. The first kappa shape index (κ1) is 10.1. The van der Waals surface area contributed by atoms with Gasteiger partial charge >= 0.3 is 0 Å². The molecule has 0 radical (unpaired) electrons. The van der Waals surface area contributed by atoms with Gasteiger partial charge in [0.05, 0.1) is 19.3 Å². The topological polar surface area (TPSA) is 30.5 Å². The van der Waals surface area contributed by atoms with Gasteiger partial charge in [0.1, 0.15) is 5.75 Å². The molecule has 1 saturated heterocycles. The van der Waals surface area contributed by atoms with Gasteiger partial charge in [0, 0.05) is 18.0 Å². The van der Waals surface area contributed by atoms with Gasteiger partial charge in [0.15, 0.2) is 0 Å². The van der Waals surface area contributed by atoms with Crippen molar-refractivity contribution in [3.8, 4) is 5.75 Å². The minimum Gasteiger partial charge on any atom is -0.493 e. The summed E-state index contributed by atoms with van der Waals surface area (Å²) in [5.74, 6) is 1.44. The SMILES string of the molecule is c1ccc2c(c1)OCC2COC1CCNC1. The summed E-state index contributed by atoms with van der Waals surface area (Å²) >= 11 is 0. The number of hydrogen-bond acceptors (Lipinski definition) is 3. The summed E-state index contributed by atoms with van der Waals surface area (Å²) in [6.45, 7) is 3.63. The van der Waals surface area contributed by atoms with E-state index < -0.39 is 0 Å². The highest BCUT2D eigenvalue weighted by molar-refractivity contribution is 5.39. The number of ether oxygens (including phenoxy) is 2. The zero-order valence-electron chi connectivity index (χ0n) is 9.32. The maximum Gasteiger partial charge on any atom is 0.123 e. The zero-order chi connectivity index (χ0) is 10.8. The number of rotatable bonds is 3. The first-order valence-electron chi connectivity index (χ1n) is 5.97. The molecule has 0 aromatic heterocycles. The second kappa shape index (κ2) is 4.44. The third-order valence-electron chi connectivity index (χ3n) is 3.35. The van der Waals surface area contributed by atoms with Gasteiger partial charge in [-0.15, -0.1) is 0 Å². The molecule has 1 fully saturated rings. The van der Waals surface area contributed by atoms with Crippen LogP contribution in [0, 0.1) is 0 Å². The molecule has 2 aliphatic rings. The van der Waals surface area contributed by atoms with Crippen LogP contribution in [0.25, 0.3) is 0 Å². The number of fused-ring (bicyclic) bond motifs is 1. The fraction of sp³-hybridized carbons (Fsp3) is 0.538. The van der Waals surface area contributed by atoms with Gasteiger partial charge in [-0.05, 0) is 19.0 Å². The lowest BCUT2D eigenvalue weighted by atomic mass is 10.0. The highest BCUT2D eigenvalue weighted by atomic mass is 16.5. The molecule has 0 bridgehead atoms. The quantitative estimate of drug-likeness (QED) is 0.836. The predicted octanol–water partition coefficient (Wildman–Crippen LogP) is 1.54. The Kier molecular flexibility index (Phi) is 2.80. The summed E-state index contributed by atoms with van der Waals surface area (Å²) in [4.78, 5) is 0. The van der Waals surface area contributed by atoms with Gasteiger partial charge in [-0.2, -0.15) is 0 Å². The molecule has 1 aromatic carbocycles. The third kappa shape index (κ3) is 1.93. The summed E-state index contributed by atoms with van der Waals surface area (Å²) in [6.07, 6.45) is 1.53. The van der Waals surface area contributed by atoms with E-state index in [1.54, 1.807) is 0 Å². The van der Waals surface area contributed by atoms with E-state index in [1.165, 1.54) is 5.56 Å². The lowest BCUT2D eigenvalue weighted by Crippen LogP contribution is -2.20. The van der Waals surface area contributed by atoms with E-state index in [-0.39, 0.29) is 0 Å². The van der Waals surface area contributed by atoms with Crippen molar-refractivity contribution in [3.63, 3.8) is 0 Å². The molecule has 1 N–H and O–H groups in total. The van der Waals surface area contributed by atoms with Crippen LogP contribution >= 0.6 is 0 Å². The molecule has 2 aliphatic heterocycles. The highest BCUT2D eigenvalue weighted by Crippen LogP contribution is 2.33. The molecule has 0 spiro atoms. The standard InChI is InChI=1S/C13H17NO2/c1-2-4-13-12(3-1)10(9-16-13)8-15-11-5-6-14-7-11/h1-4,10-11,14H,5-9H2. The Hall–Kier alpha value is -1.06. The van der Waals surface area contributed by atoms with E-state index in [9.17, 15) is 0 Å². The van der Waals surface area contributed by atoms with Crippen LogP contribution in [0.4, 0.5) is 0 Å². The Morgan fingerprint density at radius 1 is 1.38 bits per heavy atom. The van der Waals surface area contributed by atoms with Crippen molar-refractivity contribution in [1.82, 2.24) is 5.32 Å². The molecule has 2 heterocycles. The number of para-hydroxylation sites is 1. The van der Waals surface area contributed by atoms with Gasteiger partial charge in [0.2, 0.25) is 0 Å². The first-order chi connectivity index (χ1) is 7.93. The third-order valence-corrected chi connectivity index (χ3v) is 3.35. The molecule has 3 heteroatoms. The van der Waals surface area contributed by atoms with E-state index in [2.05, 4.69) is 17.4 Å². The summed E-state index contributed by atoms with van der Waals surface area (Å²) in [5, 5.41) is 3.31. The van der Waals surface area contributed by atoms with Crippen molar-refractivity contribution in [2.24, 2.45) is 0 Å². The van der Waals surface area contributed by atoms with Crippen LogP contribution in [-0.4, -0.2) is 32.4 Å². The number of benzene rings is 1. The predicted molar refractivity (Wildman–Crippen MR) is 61.9 cm³/mol. The van der Waals surface area contributed by atoms with Gasteiger partial charge < -0.3 is 14.8 Å². The van der Waals surface area contributed by atoms with Crippen molar-refractivity contribution in [3.05, 3.63) is 29.8 Å². The minimum absolute atomic E-state index is 0.396. The summed E-state index contributed by atoms with van der Waals surface area (Å²) in [6, 6.07) is 8.26. The maximum atomic E-state index is 5.90. The van der Waals surface area contributed by atoms with Crippen molar-refractivity contribution in [2.45, 2.75) is 18.4 Å². The molecule has 3 rings (SSSR count). The van der Waals surface area contributed by atoms with E-state index in [0.29, 0.717) is 12.0 Å². The van der Waals surface area contributed by atoms with Crippen molar-refractivity contribution in [1.29, 1.82) is 0 Å². The Morgan fingerprint density at radius 3 is 3.19 bits per heavy atom. The van der Waals surface area contributed by atoms with Gasteiger partial charge in [-0.25, -0.2) is 0 Å². The molecule has 0 aliphatic carbocycles. The Labute approximate surface area is 95.8 Å². The van der Waals surface area contributed by atoms with E-state index >= 15 is 0 Å². The van der Waals surface area contributed by atoms with E-state index in [4.69, 9.17) is 9.47 Å². The first-order valence-corrected chi connectivity index (χ1v) is 5.97. The molecule has 1 aromatic rings. The Balaban J connectivity index is 1.60. The minimum atomic E-state index is 0.396. The van der Waals surface area contributed by atoms with Crippen LogP contribution < -0.4 is 10.1 Å². The fourth-order valence-electron chi connectivity index (χ4n) is 2.39. The van der Waals surface area contributed by atoms with Crippen LogP contribution in [0.1, 0.15) is 17.9 Å². The Bertz CT molecular complexity index is 361. The molecular weight excluding hydrogens is 202 g/mol. The van der Waals surface area contributed by atoms with Crippen LogP contribution in [-0.2, 0) is 4.74 Å². The Morgan fingerprint density at radius 2 is 2.31 bits per heavy atom. The summed E-state index contributed by atoms with van der Waals surface area (Å²) < 4.78 is 11.5. The molecule has 2 unspecified atom stereocenters. The maximum absolute atomic E-state index is 5.90. The second-order valence-corrected chi connectivity index (χ2v) is 4.49. The fourth-order valence-corrected chi connectivity index (χ4v) is 2.39. The average Bonchev–Trinajstić information content (AvgIpc) is 2.96. The van der Waals surface area contributed by atoms with E-state index in [0.717, 1.165) is 38.5 Å². The van der Waals surface area contributed by atoms with Crippen molar-refractivity contribution in [2.75, 3.05) is 26.3 Å². The lowest BCUT2D eigenvalue weighted by Gasteiger charge is -2.14. The normalized spacial score (nSPS) is 27.8. The molecule has 3 nitrogen and oxygen atoms in total. The van der Waals surface area contributed by atoms with Crippen molar-refractivity contribution >= 4 is 0 Å². The number of hydrogen-bond donors (Lipinski definition) is 1. The van der Waals surface area contributed by atoms with Gasteiger partial charge in [0.25, 0.3) is 0 Å². The highest BCUT2D eigenvalue weighted by Gasteiger charge is 2.25. The summed E-state index contributed by atoms with van der Waals surface area (Å²) in [5.41, 5.74) is 1.30. The number of nitrogens with one attached hydrogen (secondary N) is 1. The summed E-state index contributed by atoms with van der Waals surface area (Å²) in [7, 11) is 0.